The van der Waals surface area contributed by atoms with Gasteiger partial charge in [0.15, 0.2) is 10.3 Å². The van der Waals surface area contributed by atoms with Crippen LogP contribution >= 0.6 is 22.7 Å². The molecule has 0 aliphatic rings. The fourth-order valence-electron chi connectivity index (χ4n) is 2.08. The molecule has 132 valence electrons. The van der Waals surface area contributed by atoms with Gasteiger partial charge in [-0.3, -0.25) is 4.79 Å². The first-order valence-corrected chi connectivity index (χ1v) is 9.17. The quantitative estimate of drug-likeness (QED) is 0.534. The molecule has 3 aromatic heterocycles. The summed E-state index contributed by atoms with van der Waals surface area (Å²) in [5, 5.41) is 25.3. The second-order valence-corrected chi connectivity index (χ2v) is 7.02. The van der Waals surface area contributed by atoms with Crippen molar-refractivity contribution in [1.29, 1.82) is 0 Å². The van der Waals surface area contributed by atoms with Gasteiger partial charge in [0.1, 0.15) is 0 Å². The molecule has 0 saturated heterocycles. The standard InChI is InChI=1S/C14H16N6O3S2/c1-7-11(25-13(16-7)17-8(2)21)9-6-24-12(18-9)15-5-3-4-10-19-20-14(22)23-10/h6H,3-5H2,1-2H3,(H,15,18)(H,20,22)(H,16,17,21). The molecular formula is C14H16N6O3S2. The normalized spacial score (nSPS) is 10.8. The third-order valence-corrected chi connectivity index (χ3v) is 5.01. The number of hydrogen-bond donors (Lipinski definition) is 3. The van der Waals surface area contributed by atoms with Gasteiger partial charge < -0.3 is 20.2 Å². The monoisotopic (exact) mass is 380 g/mol. The van der Waals surface area contributed by atoms with E-state index < -0.39 is 6.08 Å². The number of anilines is 2. The number of aromatic hydroxyl groups is 1. The molecule has 0 bridgehead atoms. The van der Waals surface area contributed by atoms with Crippen molar-refractivity contribution in [3.8, 4) is 16.6 Å². The van der Waals surface area contributed by atoms with Crippen molar-refractivity contribution in [3.63, 3.8) is 0 Å². The van der Waals surface area contributed by atoms with E-state index in [1.807, 2.05) is 12.3 Å². The summed E-state index contributed by atoms with van der Waals surface area (Å²) < 4.78 is 4.90. The van der Waals surface area contributed by atoms with Gasteiger partial charge in [-0.1, -0.05) is 16.4 Å². The van der Waals surface area contributed by atoms with E-state index in [4.69, 9.17) is 9.52 Å². The number of thiazole rings is 2. The van der Waals surface area contributed by atoms with E-state index in [1.165, 1.54) is 29.6 Å². The van der Waals surface area contributed by atoms with Crippen LogP contribution in [0.3, 0.4) is 0 Å². The van der Waals surface area contributed by atoms with Gasteiger partial charge in [-0.05, 0) is 13.3 Å². The first-order chi connectivity index (χ1) is 12.0. The smallest absolute Gasteiger partial charge is 0.412 e. The Morgan fingerprint density at radius 1 is 1.32 bits per heavy atom. The Kier molecular flexibility index (Phi) is 5.24. The number of carbonyl (C=O) groups is 1. The largest absolute Gasteiger partial charge is 0.465 e. The van der Waals surface area contributed by atoms with Crippen molar-refractivity contribution in [2.75, 3.05) is 17.2 Å². The van der Waals surface area contributed by atoms with Crippen LogP contribution in [0, 0.1) is 6.92 Å². The maximum atomic E-state index is 11.1. The maximum Gasteiger partial charge on any atom is 0.412 e. The Balaban J connectivity index is 1.55. The number of aromatic nitrogens is 4. The van der Waals surface area contributed by atoms with Crippen LogP contribution in [0.25, 0.3) is 10.6 Å². The molecule has 3 rings (SSSR count). The number of rotatable bonds is 7. The number of nitrogens with one attached hydrogen (secondary N) is 2. The van der Waals surface area contributed by atoms with Crippen molar-refractivity contribution >= 4 is 38.8 Å². The molecule has 3 aromatic rings. The highest BCUT2D eigenvalue weighted by molar-refractivity contribution is 7.19. The van der Waals surface area contributed by atoms with E-state index in [-0.39, 0.29) is 5.91 Å². The van der Waals surface area contributed by atoms with Crippen LogP contribution in [0.1, 0.15) is 24.9 Å². The van der Waals surface area contributed by atoms with Gasteiger partial charge in [-0.15, -0.1) is 16.4 Å². The molecule has 0 aromatic carbocycles. The Morgan fingerprint density at radius 3 is 2.88 bits per heavy atom. The predicted molar refractivity (Wildman–Crippen MR) is 95.0 cm³/mol. The van der Waals surface area contributed by atoms with E-state index in [0.717, 1.165) is 27.8 Å². The summed E-state index contributed by atoms with van der Waals surface area (Å²) in [5.74, 6) is 0.264. The van der Waals surface area contributed by atoms with E-state index in [1.54, 1.807) is 0 Å². The average Bonchev–Trinajstić information content (AvgIpc) is 3.24. The Bertz CT molecular complexity index is 872. The molecule has 0 atom stereocenters. The molecule has 3 N–H and O–H groups in total. The van der Waals surface area contributed by atoms with Crippen LogP contribution in [-0.2, 0) is 11.2 Å². The summed E-state index contributed by atoms with van der Waals surface area (Å²) in [5.41, 5.74) is 1.67. The highest BCUT2D eigenvalue weighted by atomic mass is 32.1. The van der Waals surface area contributed by atoms with Crippen LogP contribution in [0.2, 0.25) is 0 Å². The molecule has 1 amide bonds. The lowest BCUT2D eigenvalue weighted by molar-refractivity contribution is -0.114. The Hall–Kier alpha value is -2.53. The number of carbonyl (C=O) groups excluding carboxylic acids is 1. The molecule has 11 heteroatoms. The third kappa shape index (κ3) is 4.51. The van der Waals surface area contributed by atoms with Crippen LogP contribution in [0.15, 0.2) is 9.80 Å². The zero-order valence-electron chi connectivity index (χ0n) is 13.6. The molecular weight excluding hydrogens is 364 g/mol. The molecule has 0 aliphatic carbocycles. The van der Waals surface area contributed by atoms with E-state index in [2.05, 4.69) is 30.8 Å². The van der Waals surface area contributed by atoms with Crippen LogP contribution < -0.4 is 10.6 Å². The van der Waals surface area contributed by atoms with E-state index in [9.17, 15) is 4.79 Å². The molecule has 0 unspecified atom stereocenters. The summed E-state index contributed by atoms with van der Waals surface area (Å²) in [6.07, 6.45) is 0.932. The summed E-state index contributed by atoms with van der Waals surface area (Å²) >= 11 is 2.91. The van der Waals surface area contributed by atoms with Gasteiger partial charge in [0.25, 0.3) is 0 Å². The summed E-state index contributed by atoms with van der Waals surface area (Å²) in [4.78, 5) is 21.0. The SMILES string of the molecule is CC(=O)Nc1nc(C)c(-c2csc(NCCCc3nnc(O)o3)n2)s1. The summed E-state index contributed by atoms with van der Waals surface area (Å²) in [6, 6.07) is 0. The molecule has 0 saturated carbocycles. The number of hydrogen-bond acceptors (Lipinski definition) is 10. The molecule has 25 heavy (non-hydrogen) atoms. The lowest BCUT2D eigenvalue weighted by atomic mass is 10.3. The van der Waals surface area contributed by atoms with Crippen LogP contribution in [-0.4, -0.2) is 37.7 Å². The van der Waals surface area contributed by atoms with Crippen molar-refractivity contribution in [2.45, 2.75) is 26.7 Å². The molecule has 0 fully saturated rings. The molecule has 0 spiro atoms. The number of amides is 1. The topological polar surface area (TPSA) is 126 Å². The zero-order chi connectivity index (χ0) is 17.8. The number of nitrogens with zero attached hydrogens (tertiary/aromatic N) is 4. The second-order valence-electron chi connectivity index (χ2n) is 5.16. The highest BCUT2D eigenvalue weighted by Gasteiger charge is 2.13. The Labute approximate surface area is 151 Å². The maximum absolute atomic E-state index is 11.1. The van der Waals surface area contributed by atoms with Crippen LogP contribution in [0.4, 0.5) is 10.3 Å². The van der Waals surface area contributed by atoms with E-state index >= 15 is 0 Å². The van der Waals surface area contributed by atoms with Gasteiger partial charge >= 0.3 is 6.08 Å². The minimum absolute atomic E-state index is 0.143. The fourth-order valence-corrected chi connectivity index (χ4v) is 3.86. The summed E-state index contributed by atoms with van der Waals surface area (Å²) in [7, 11) is 0. The van der Waals surface area contributed by atoms with Crippen molar-refractivity contribution < 1.29 is 14.3 Å². The van der Waals surface area contributed by atoms with E-state index in [0.29, 0.717) is 24.0 Å². The lowest BCUT2D eigenvalue weighted by Gasteiger charge is -2.00. The molecule has 0 aliphatic heterocycles. The van der Waals surface area contributed by atoms with Crippen molar-refractivity contribution in [3.05, 3.63) is 17.0 Å². The zero-order valence-corrected chi connectivity index (χ0v) is 15.2. The lowest BCUT2D eigenvalue weighted by Crippen LogP contribution is -2.04. The van der Waals surface area contributed by atoms with Gasteiger partial charge in [-0.2, -0.15) is 0 Å². The minimum Gasteiger partial charge on any atom is -0.465 e. The highest BCUT2D eigenvalue weighted by Crippen LogP contribution is 2.34. The molecule has 0 radical (unpaired) electrons. The van der Waals surface area contributed by atoms with Gasteiger partial charge in [-0.25, -0.2) is 9.97 Å². The second kappa shape index (κ2) is 7.57. The van der Waals surface area contributed by atoms with Gasteiger partial charge in [0.05, 0.1) is 16.3 Å². The molecule has 9 nitrogen and oxygen atoms in total. The first kappa shape index (κ1) is 17.3. The van der Waals surface area contributed by atoms with Crippen LogP contribution in [0.5, 0.6) is 6.08 Å². The van der Waals surface area contributed by atoms with Crippen molar-refractivity contribution in [1.82, 2.24) is 20.2 Å². The van der Waals surface area contributed by atoms with Gasteiger partial charge in [0.2, 0.25) is 11.8 Å². The number of aryl methyl sites for hydroxylation is 2. The van der Waals surface area contributed by atoms with Gasteiger partial charge in [0, 0.05) is 25.3 Å². The summed E-state index contributed by atoms with van der Waals surface area (Å²) in [6.45, 7) is 4.04. The predicted octanol–water partition coefficient (Wildman–Crippen LogP) is 2.67. The third-order valence-electron chi connectivity index (χ3n) is 3.12. The average molecular weight is 380 g/mol. The first-order valence-electron chi connectivity index (χ1n) is 7.47. The minimum atomic E-state index is -0.411. The van der Waals surface area contributed by atoms with Crippen molar-refractivity contribution in [2.24, 2.45) is 0 Å². The molecule has 3 heterocycles. The Morgan fingerprint density at radius 2 is 2.16 bits per heavy atom. The fraction of sp³-hybridized carbons (Fsp3) is 0.357.